The number of aliphatic hydroxyl groups is 2. The van der Waals surface area contributed by atoms with Gasteiger partial charge < -0.3 is 29.8 Å². The van der Waals surface area contributed by atoms with Crippen LogP contribution in [0.15, 0.2) is 23.0 Å². The molecule has 14 nitrogen and oxygen atoms in total. The van der Waals surface area contributed by atoms with Crippen LogP contribution in [0.4, 0.5) is 10.6 Å². The standard InChI is InChI=1S/C21H31N5O9/c1-9(2)5-6-15(27)26(22)11(4)17(19(30)31)35-21(33)25-14-7-13(23-20(32)24-14)16-10(3)12(8-34-16)18(28)29/h7,9,11-12,16-18,28-29H,3,5-6,8,22H2,1-2,4H3,(H,30,31)(H2,23,24,25,32,33)/t11-,12+,16+,17-/m0/s1. The van der Waals surface area contributed by atoms with E-state index in [1.165, 1.54) is 13.0 Å². The second kappa shape index (κ2) is 11.9. The highest BCUT2D eigenvalue weighted by Gasteiger charge is 2.36. The maximum absolute atomic E-state index is 12.4. The van der Waals surface area contributed by atoms with Gasteiger partial charge in [-0.2, -0.15) is 4.98 Å². The number of hydrazine groups is 1. The molecule has 0 spiro atoms. The van der Waals surface area contributed by atoms with E-state index < -0.39 is 54.1 Å². The minimum absolute atomic E-state index is 0.0556. The molecule has 4 atom stereocenters. The zero-order chi connectivity index (χ0) is 26.4. The summed E-state index contributed by atoms with van der Waals surface area (Å²) in [6, 6.07) is 0.0341. The van der Waals surface area contributed by atoms with E-state index in [1.807, 2.05) is 13.8 Å². The number of nitrogens with two attached hydrogens (primary N) is 1. The van der Waals surface area contributed by atoms with E-state index in [0.29, 0.717) is 17.0 Å². The number of carbonyl (C=O) groups is 3. The number of aromatic amines is 1. The molecule has 0 unspecified atom stereocenters. The van der Waals surface area contributed by atoms with Crippen LogP contribution in [-0.2, 0) is 19.1 Å². The molecular formula is C21H31N5O9. The summed E-state index contributed by atoms with van der Waals surface area (Å²) in [6.07, 6.45) is -5.03. The summed E-state index contributed by atoms with van der Waals surface area (Å²) in [4.78, 5) is 54.3. The second-order valence-corrected chi connectivity index (χ2v) is 8.60. The van der Waals surface area contributed by atoms with E-state index in [1.54, 1.807) is 0 Å². The molecule has 2 heterocycles. The van der Waals surface area contributed by atoms with Gasteiger partial charge in [-0.05, 0) is 24.8 Å². The van der Waals surface area contributed by atoms with Crippen molar-refractivity contribution in [1.82, 2.24) is 15.0 Å². The molecule has 0 radical (unpaired) electrons. The molecule has 1 aromatic heterocycles. The second-order valence-electron chi connectivity index (χ2n) is 8.60. The van der Waals surface area contributed by atoms with Gasteiger partial charge >= 0.3 is 17.8 Å². The number of carbonyl (C=O) groups excluding carboxylic acids is 2. The summed E-state index contributed by atoms with van der Waals surface area (Å²) < 4.78 is 10.4. The maximum atomic E-state index is 12.4. The van der Waals surface area contributed by atoms with Crippen molar-refractivity contribution in [3.8, 4) is 0 Å². The number of ether oxygens (including phenoxy) is 2. The zero-order valence-electron chi connectivity index (χ0n) is 19.6. The van der Waals surface area contributed by atoms with E-state index in [-0.39, 0.29) is 30.5 Å². The number of hydrogen-bond donors (Lipinski definition) is 6. The number of aromatic nitrogens is 2. The fourth-order valence-electron chi connectivity index (χ4n) is 3.38. The monoisotopic (exact) mass is 497 g/mol. The first-order valence-corrected chi connectivity index (χ1v) is 10.9. The summed E-state index contributed by atoms with van der Waals surface area (Å²) in [5.74, 6) is 2.88. The zero-order valence-corrected chi connectivity index (χ0v) is 19.6. The topological polar surface area (TPSA) is 217 Å². The fourth-order valence-corrected chi connectivity index (χ4v) is 3.38. The molecule has 0 saturated carbocycles. The Morgan fingerprint density at radius 2 is 2.03 bits per heavy atom. The summed E-state index contributed by atoms with van der Waals surface area (Å²) in [5.41, 5.74) is -0.449. The molecule has 2 amide bonds. The van der Waals surface area contributed by atoms with Crippen molar-refractivity contribution in [2.75, 3.05) is 11.9 Å². The van der Waals surface area contributed by atoms with Gasteiger partial charge in [0.15, 0.2) is 6.29 Å². The molecule has 1 saturated heterocycles. The molecule has 0 aromatic carbocycles. The lowest BCUT2D eigenvalue weighted by Gasteiger charge is -2.28. The largest absolute Gasteiger partial charge is 0.478 e. The molecule has 0 bridgehead atoms. The van der Waals surface area contributed by atoms with Crippen LogP contribution in [0.25, 0.3) is 0 Å². The Kier molecular flexibility index (Phi) is 9.47. The van der Waals surface area contributed by atoms with Crippen LogP contribution < -0.4 is 16.8 Å². The molecular weight excluding hydrogens is 466 g/mol. The summed E-state index contributed by atoms with van der Waals surface area (Å²) in [6.45, 7) is 8.86. The highest BCUT2D eigenvalue weighted by Crippen LogP contribution is 2.37. The van der Waals surface area contributed by atoms with Gasteiger partial charge in [0.05, 0.1) is 24.3 Å². The van der Waals surface area contributed by atoms with E-state index >= 15 is 0 Å². The Balaban J connectivity index is 2.11. The van der Waals surface area contributed by atoms with Gasteiger partial charge in [0.1, 0.15) is 11.9 Å². The number of nitrogens with zero attached hydrogens (tertiary/aromatic N) is 2. The van der Waals surface area contributed by atoms with Gasteiger partial charge in [0, 0.05) is 12.5 Å². The van der Waals surface area contributed by atoms with Crippen molar-refractivity contribution in [3.63, 3.8) is 0 Å². The minimum atomic E-state index is -1.81. The summed E-state index contributed by atoms with van der Waals surface area (Å²) >= 11 is 0. The molecule has 7 N–H and O–H groups in total. The van der Waals surface area contributed by atoms with Gasteiger partial charge in [-0.3, -0.25) is 15.1 Å². The van der Waals surface area contributed by atoms with Gasteiger partial charge in [-0.1, -0.05) is 20.4 Å². The van der Waals surface area contributed by atoms with Crippen molar-refractivity contribution in [1.29, 1.82) is 0 Å². The van der Waals surface area contributed by atoms with E-state index in [9.17, 15) is 34.5 Å². The SMILES string of the molecule is C=C1[C@H](c2cc(NC(=O)O[C@H](C(=O)O)[C@H](C)N(N)C(=O)CCC(C)C)nc(=O)[nH]2)OC[C@H]1C(O)O. The van der Waals surface area contributed by atoms with Crippen LogP contribution in [0.1, 0.15) is 45.4 Å². The highest BCUT2D eigenvalue weighted by atomic mass is 16.6. The Morgan fingerprint density at radius 1 is 1.37 bits per heavy atom. The number of nitrogens with one attached hydrogen (secondary N) is 2. The van der Waals surface area contributed by atoms with Crippen LogP contribution in [0.5, 0.6) is 0 Å². The van der Waals surface area contributed by atoms with Crippen molar-refractivity contribution >= 4 is 23.8 Å². The summed E-state index contributed by atoms with van der Waals surface area (Å²) in [5, 5.41) is 31.2. The van der Waals surface area contributed by atoms with Gasteiger partial charge in [0.25, 0.3) is 0 Å². The van der Waals surface area contributed by atoms with Gasteiger partial charge in [-0.15, -0.1) is 0 Å². The Morgan fingerprint density at radius 3 is 2.57 bits per heavy atom. The van der Waals surface area contributed by atoms with E-state index in [0.717, 1.165) is 0 Å². The first-order chi connectivity index (χ1) is 16.3. The molecule has 2 rings (SSSR count). The van der Waals surface area contributed by atoms with Crippen molar-refractivity contribution < 1.29 is 39.2 Å². The number of aliphatic hydroxyl groups excluding tert-OH is 1. The number of hydrogen-bond acceptors (Lipinski definition) is 10. The lowest BCUT2D eigenvalue weighted by Crippen LogP contribution is -2.53. The number of rotatable bonds is 10. The number of anilines is 1. The third-order valence-electron chi connectivity index (χ3n) is 5.47. The Labute approximate surface area is 200 Å². The van der Waals surface area contributed by atoms with E-state index in [4.69, 9.17) is 15.3 Å². The average Bonchev–Trinajstić information content (AvgIpc) is 3.15. The quantitative estimate of drug-likeness (QED) is 0.0821. The number of amides is 2. The van der Waals surface area contributed by atoms with Gasteiger partial charge in [0.2, 0.25) is 12.0 Å². The van der Waals surface area contributed by atoms with Crippen molar-refractivity contribution in [2.45, 2.75) is 58.2 Å². The van der Waals surface area contributed by atoms with Crippen LogP contribution in [-0.4, -0.2) is 73.3 Å². The molecule has 35 heavy (non-hydrogen) atoms. The van der Waals surface area contributed by atoms with Crippen molar-refractivity contribution in [3.05, 3.63) is 34.4 Å². The lowest BCUT2D eigenvalue weighted by atomic mass is 9.97. The molecule has 1 fully saturated rings. The number of H-pyrrole nitrogens is 1. The smallest absolute Gasteiger partial charge is 0.413 e. The predicted octanol–water partition coefficient (Wildman–Crippen LogP) is -0.147. The van der Waals surface area contributed by atoms with E-state index in [2.05, 4.69) is 21.9 Å². The first kappa shape index (κ1) is 27.9. The molecule has 1 aliphatic rings. The molecule has 0 aliphatic carbocycles. The molecule has 14 heteroatoms. The minimum Gasteiger partial charge on any atom is -0.478 e. The fraction of sp³-hybridized carbons (Fsp3) is 0.571. The number of carboxylic acid groups (broad SMARTS) is 1. The average molecular weight is 498 g/mol. The molecule has 1 aliphatic heterocycles. The Hall–Kier alpha value is -3.33. The maximum Gasteiger partial charge on any atom is 0.413 e. The first-order valence-electron chi connectivity index (χ1n) is 10.9. The normalized spacial score (nSPS) is 19.5. The Bertz CT molecular complexity index is 1010. The van der Waals surface area contributed by atoms with Crippen LogP contribution in [0, 0.1) is 11.8 Å². The third kappa shape index (κ3) is 7.32. The van der Waals surface area contributed by atoms with Crippen LogP contribution >= 0.6 is 0 Å². The predicted molar refractivity (Wildman–Crippen MR) is 121 cm³/mol. The summed E-state index contributed by atoms with van der Waals surface area (Å²) in [7, 11) is 0. The molecule has 1 aromatic rings. The third-order valence-corrected chi connectivity index (χ3v) is 5.47. The van der Waals surface area contributed by atoms with Crippen molar-refractivity contribution in [2.24, 2.45) is 17.7 Å². The van der Waals surface area contributed by atoms with Crippen LogP contribution in [0.3, 0.4) is 0 Å². The molecule has 194 valence electrons. The highest BCUT2D eigenvalue weighted by molar-refractivity contribution is 5.86. The number of aliphatic carboxylic acids is 1. The number of carboxylic acids is 1. The van der Waals surface area contributed by atoms with Crippen LogP contribution in [0.2, 0.25) is 0 Å². The van der Waals surface area contributed by atoms with Gasteiger partial charge in [-0.25, -0.2) is 20.2 Å². The lowest BCUT2D eigenvalue weighted by molar-refractivity contribution is -0.152.